The molecule has 0 aliphatic heterocycles. The van der Waals surface area contributed by atoms with Crippen LogP contribution in [0.5, 0.6) is 0 Å². The van der Waals surface area contributed by atoms with Gasteiger partial charge < -0.3 is 0 Å². The number of benzene rings is 1. The lowest BCUT2D eigenvalue weighted by Gasteiger charge is -2.01. The molecule has 0 spiro atoms. The largest absolute Gasteiger partial charge is 0.0654 e. The van der Waals surface area contributed by atoms with Crippen molar-refractivity contribution in [2.75, 3.05) is 0 Å². The summed E-state index contributed by atoms with van der Waals surface area (Å²) in [5, 5.41) is 2.77. The van der Waals surface area contributed by atoms with Gasteiger partial charge in [-0.15, -0.1) is 0 Å². The quantitative estimate of drug-likeness (QED) is 0.516. The summed E-state index contributed by atoms with van der Waals surface area (Å²) in [4.78, 5) is 0. The molecule has 108 valence electrons. The van der Waals surface area contributed by atoms with E-state index >= 15 is 0 Å². The summed E-state index contributed by atoms with van der Waals surface area (Å²) >= 11 is 0. The van der Waals surface area contributed by atoms with Gasteiger partial charge in [0.1, 0.15) is 0 Å². The second-order valence-electron chi connectivity index (χ2n) is 6.36. The molecule has 0 bridgehead atoms. The van der Waals surface area contributed by atoms with Crippen LogP contribution >= 0.6 is 0 Å². The van der Waals surface area contributed by atoms with Crippen LogP contribution in [0.4, 0.5) is 0 Å². The van der Waals surface area contributed by atoms with Crippen molar-refractivity contribution in [3.63, 3.8) is 0 Å². The maximum atomic E-state index is 2.39. The van der Waals surface area contributed by atoms with E-state index in [2.05, 4.69) is 69.3 Å². The molecule has 0 N–H and O–H groups in total. The number of hydrogen-bond donors (Lipinski definition) is 0. The number of hydrogen-bond acceptors (Lipinski definition) is 0. The maximum absolute atomic E-state index is 2.39. The summed E-state index contributed by atoms with van der Waals surface area (Å²) in [6.45, 7) is 6.76. The van der Waals surface area contributed by atoms with Gasteiger partial charge in [0.2, 0.25) is 0 Å². The molecule has 21 heavy (non-hydrogen) atoms. The molecule has 0 atom stereocenters. The third-order valence-electron chi connectivity index (χ3n) is 4.41. The molecule has 0 fully saturated rings. The van der Waals surface area contributed by atoms with E-state index in [1.54, 1.807) is 0 Å². The number of rotatable bonds is 4. The third kappa shape index (κ3) is 2.81. The van der Waals surface area contributed by atoms with E-state index in [0.29, 0.717) is 5.92 Å². The highest BCUT2D eigenvalue weighted by molar-refractivity contribution is 6.02. The summed E-state index contributed by atoms with van der Waals surface area (Å²) in [5.74, 6) is 0.577. The molecular formula is C21H24. The van der Waals surface area contributed by atoms with Crippen molar-refractivity contribution >= 4 is 10.8 Å². The van der Waals surface area contributed by atoms with Crippen molar-refractivity contribution in [2.24, 2.45) is 0 Å². The lowest BCUT2D eigenvalue weighted by Crippen LogP contribution is -1.83. The number of fused-ring (bicyclic) bond motifs is 3. The van der Waals surface area contributed by atoms with Crippen LogP contribution in [0.2, 0.25) is 0 Å². The van der Waals surface area contributed by atoms with Gasteiger partial charge in [0.05, 0.1) is 0 Å². The molecule has 0 radical (unpaired) electrons. The van der Waals surface area contributed by atoms with Gasteiger partial charge in [-0.1, -0.05) is 69.7 Å². The molecule has 0 amide bonds. The molecule has 1 aromatic rings. The molecule has 0 nitrogen and oxygen atoms in total. The highest BCUT2D eigenvalue weighted by Gasteiger charge is 2.10. The predicted octanol–water partition coefficient (Wildman–Crippen LogP) is 6.41. The van der Waals surface area contributed by atoms with Crippen molar-refractivity contribution in [3.8, 4) is 11.1 Å². The molecular weight excluding hydrogens is 252 g/mol. The van der Waals surface area contributed by atoms with Gasteiger partial charge in [0.15, 0.2) is 0 Å². The Morgan fingerprint density at radius 2 is 1.71 bits per heavy atom. The lowest BCUT2D eigenvalue weighted by atomic mass is 10.0. The average Bonchev–Trinajstić information content (AvgIpc) is 2.67. The lowest BCUT2D eigenvalue weighted by molar-refractivity contribution is 0.796. The van der Waals surface area contributed by atoms with Gasteiger partial charge >= 0.3 is 0 Å². The first-order valence-electron chi connectivity index (χ1n) is 8.14. The highest BCUT2D eigenvalue weighted by atomic mass is 14.1. The van der Waals surface area contributed by atoms with Crippen molar-refractivity contribution in [2.45, 2.75) is 46.0 Å². The summed E-state index contributed by atoms with van der Waals surface area (Å²) < 4.78 is 0. The van der Waals surface area contributed by atoms with Crippen LogP contribution in [0.3, 0.4) is 0 Å². The Hall–Kier alpha value is -1.82. The normalized spacial score (nSPS) is 11.6. The zero-order valence-electron chi connectivity index (χ0n) is 13.3. The molecule has 0 saturated carbocycles. The highest BCUT2D eigenvalue weighted by Crippen LogP contribution is 2.35. The fourth-order valence-electron chi connectivity index (χ4n) is 3.03. The van der Waals surface area contributed by atoms with E-state index in [1.165, 1.54) is 52.3 Å². The van der Waals surface area contributed by atoms with Crippen molar-refractivity contribution in [3.05, 3.63) is 59.7 Å². The number of aryl methyl sites for hydroxylation is 1. The van der Waals surface area contributed by atoms with Gasteiger partial charge in [-0.25, -0.2) is 0 Å². The average molecular weight is 276 g/mol. The smallest absolute Gasteiger partial charge is 0.0102 e. The van der Waals surface area contributed by atoms with Crippen molar-refractivity contribution < 1.29 is 0 Å². The van der Waals surface area contributed by atoms with Gasteiger partial charge in [0.25, 0.3) is 0 Å². The molecule has 0 saturated heterocycles. The Morgan fingerprint density at radius 1 is 0.905 bits per heavy atom. The molecule has 1 aromatic carbocycles. The summed E-state index contributed by atoms with van der Waals surface area (Å²) in [5.41, 5.74) is 5.61. The standard InChI is InChI=1S/C21H24/c1-4-5-6-16-7-8-19-14-18-10-9-17(15(2)3)11-12-20(18)21(19)13-16/h7-15H,4-6H2,1-3H3. The van der Waals surface area contributed by atoms with Gasteiger partial charge in [-0.05, 0) is 57.9 Å². The molecule has 0 heterocycles. The van der Waals surface area contributed by atoms with Gasteiger partial charge in [0, 0.05) is 0 Å². The second-order valence-corrected chi connectivity index (χ2v) is 6.36. The fraction of sp³-hybridized carbons (Fsp3) is 0.333. The minimum atomic E-state index is 0.577. The zero-order chi connectivity index (χ0) is 14.8. The van der Waals surface area contributed by atoms with Crippen LogP contribution in [-0.4, -0.2) is 0 Å². The molecule has 0 heteroatoms. The third-order valence-corrected chi connectivity index (χ3v) is 4.41. The van der Waals surface area contributed by atoms with Gasteiger partial charge in [-0.3, -0.25) is 0 Å². The van der Waals surface area contributed by atoms with Crippen molar-refractivity contribution in [1.29, 1.82) is 0 Å². The maximum Gasteiger partial charge on any atom is -0.0102 e. The Kier molecular flexibility index (Phi) is 3.96. The van der Waals surface area contributed by atoms with E-state index in [9.17, 15) is 0 Å². The zero-order valence-corrected chi connectivity index (χ0v) is 13.3. The fourth-order valence-corrected chi connectivity index (χ4v) is 3.03. The van der Waals surface area contributed by atoms with Crippen molar-refractivity contribution in [1.82, 2.24) is 0 Å². The summed E-state index contributed by atoms with van der Waals surface area (Å²) in [6, 6.07) is 18.4. The van der Waals surface area contributed by atoms with Crippen LogP contribution in [-0.2, 0) is 6.42 Å². The first-order chi connectivity index (χ1) is 10.2. The summed E-state index contributed by atoms with van der Waals surface area (Å²) in [6.07, 6.45) is 3.72. The van der Waals surface area contributed by atoms with E-state index < -0.39 is 0 Å². The Bertz CT molecular complexity index is 721. The Morgan fingerprint density at radius 3 is 2.48 bits per heavy atom. The Balaban J connectivity index is 2.11. The topological polar surface area (TPSA) is 0 Å². The molecule has 2 aliphatic rings. The minimum absolute atomic E-state index is 0.577. The predicted molar refractivity (Wildman–Crippen MR) is 93.3 cm³/mol. The van der Waals surface area contributed by atoms with E-state index in [4.69, 9.17) is 0 Å². The first-order valence-corrected chi connectivity index (χ1v) is 8.14. The van der Waals surface area contributed by atoms with E-state index in [1.807, 2.05) is 0 Å². The number of unbranched alkanes of at least 4 members (excludes halogenated alkanes) is 1. The van der Waals surface area contributed by atoms with Crippen LogP contribution in [0.1, 0.15) is 50.7 Å². The van der Waals surface area contributed by atoms with E-state index in [0.717, 1.165) is 0 Å². The SMILES string of the molecule is CCCCc1ccc2cc3ccc(C(C)C)ccc-3c2c1. The first kappa shape index (κ1) is 14.1. The monoisotopic (exact) mass is 276 g/mol. The van der Waals surface area contributed by atoms with Crippen LogP contribution in [0.15, 0.2) is 48.5 Å². The van der Waals surface area contributed by atoms with Crippen LogP contribution < -0.4 is 0 Å². The van der Waals surface area contributed by atoms with Gasteiger partial charge in [-0.2, -0.15) is 0 Å². The van der Waals surface area contributed by atoms with E-state index in [-0.39, 0.29) is 0 Å². The second kappa shape index (κ2) is 5.89. The molecule has 0 unspecified atom stereocenters. The Labute approximate surface area is 128 Å². The van der Waals surface area contributed by atoms with Crippen LogP contribution in [0, 0.1) is 0 Å². The minimum Gasteiger partial charge on any atom is -0.0654 e. The molecule has 3 rings (SSSR count). The molecule has 0 aromatic heterocycles. The van der Waals surface area contributed by atoms with Crippen LogP contribution in [0.25, 0.3) is 21.9 Å². The summed E-state index contributed by atoms with van der Waals surface area (Å²) in [7, 11) is 0. The molecule has 2 aliphatic carbocycles.